The van der Waals surface area contributed by atoms with Gasteiger partial charge in [0.2, 0.25) is 11.8 Å². The molecule has 2 aliphatic rings. The summed E-state index contributed by atoms with van der Waals surface area (Å²) < 4.78 is 67.5. The van der Waals surface area contributed by atoms with E-state index in [4.69, 9.17) is 42.6 Å². The van der Waals surface area contributed by atoms with E-state index < -0.39 is 61.4 Å². The van der Waals surface area contributed by atoms with Crippen molar-refractivity contribution < 1.29 is 52.2 Å². The van der Waals surface area contributed by atoms with Gasteiger partial charge in [-0.3, -0.25) is 9.59 Å². The molecule has 2 heterocycles. The van der Waals surface area contributed by atoms with Crippen molar-refractivity contribution in [3.8, 4) is 0 Å². The summed E-state index contributed by atoms with van der Waals surface area (Å²) in [6, 6.07) is 61.4. The summed E-state index contributed by atoms with van der Waals surface area (Å²) in [5, 5.41) is 7.12. The Bertz CT molecular complexity index is 3240. The van der Waals surface area contributed by atoms with Gasteiger partial charge in [-0.15, -0.1) is 0 Å². The van der Waals surface area contributed by atoms with Gasteiger partial charge in [0.25, 0.3) is 0 Å². The Morgan fingerprint density at radius 3 is 0.606 bits per heavy atom. The average molecular weight is 1750 g/mol. The molecule has 2 N–H and O–H groups in total. The topological polar surface area (TPSA) is 141 Å². The molecule has 13 nitrogen and oxygen atoms in total. The standard InChI is InChI=1S/C114H176N2O11/c1-5-9-13-17-21-25-29-33-37-41-45-67-83-101(84-68-46-42-38-34-30-26-22-18-14-10-6-2)111(117)115-87-103-105(119-89-95-71-55-49-56-72-95)107(121-91-97-75-59-51-60-76-97)109(123-93-99-79-63-53-64-80-99)113(125-103)127-114-110(124-94-100-81-65-54-66-82-100)108(122-92-98-77-61-52-62-78-98)106(120-90-96-73-57-50-58-74-96)104(126-114)88-116-112(118)102(85-69-47-43-39-35-31-27-23-19-15-11-7-3)86-70-48-44-40-36-32-28-24-20-16-12-8-4/h49-66,71-82,101-110,113-114H,5-48,67-70,83-94H2,1-4H3,(H,115,117)(H,116,118)/t103?,104?,105-,106-,107-,108-,109?,110?,113-,114-/m0/s1. The maximum atomic E-state index is 15.6. The van der Waals surface area contributed by atoms with Crippen molar-refractivity contribution >= 4 is 11.8 Å². The van der Waals surface area contributed by atoms with Gasteiger partial charge in [-0.25, -0.2) is 0 Å². The predicted octanol–water partition coefficient (Wildman–Crippen LogP) is 29.8. The predicted molar refractivity (Wildman–Crippen MR) is 524 cm³/mol. The third-order valence-corrected chi connectivity index (χ3v) is 26.5. The largest absolute Gasteiger partial charge is 0.368 e. The van der Waals surface area contributed by atoms with Crippen LogP contribution in [0.25, 0.3) is 0 Å². The van der Waals surface area contributed by atoms with Crippen LogP contribution in [0.1, 0.15) is 395 Å². The van der Waals surface area contributed by atoms with E-state index in [9.17, 15) is 0 Å². The van der Waals surface area contributed by atoms with Gasteiger partial charge >= 0.3 is 0 Å². The zero-order valence-corrected chi connectivity index (χ0v) is 80.2. The lowest BCUT2D eigenvalue weighted by Crippen LogP contribution is -2.67. The van der Waals surface area contributed by atoms with Crippen LogP contribution in [-0.2, 0) is 91.9 Å². The Morgan fingerprint density at radius 2 is 0.409 bits per heavy atom. The molecule has 0 bridgehead atoms. The monoisotopic (exact) mass is 1750 g/mol. The molecule has 0 radical (unpaired) electrons. The molecule has 0 aliphatic carbocycles. The quantitative estimate of drug-likeness (QED) is 0.0353. The molecule has 0 aromatic heterocycles. The van der Waals surface area contributed by atoms with Crippen LogP contribution in [0.4, 0.5) is 0 Å². The van der Waals surface area contributed by atoms with Crippen molar-refractivity contribution in [2.75, 3.05) is 13.1 Å². The van der Waals surface area contributed by atoms with Gasteiger partial charge in [0.05, 0.1) is 39.6 Å². The highest BCUT2D eigenvalue weighted by molar-refractivity contribution is 5.79. The van der Waals surface area contributed by atoms with E-state index in [1.54, 1.807) is 0 Å². The minimum atomic E-state index is -1.24. The molecule has 708 valence electrons. The molecule has 0 spiro atoms. The summed E-state index contributed by atoms with van der Waals surface area (Å²) >= 11 is 0. The van der Waals surface area contributed by atoms with E-state index in [0.717, 1.165) is 110 Å². The van der Waals surface area contributed by atoms with Crippen molar-refractivity contribution in [1.82, 2.24) is 10.6 Å². The summed E-state index contributed by atoms with van der Waals surface area (Å²) in [6.07, 6.45) is 54.6. The summed E-state index contributed by atoms with van der Waals surface area (Å²) in [5.74, 6) is -0.258. The first-order chi connectivity index (χ1) is 62.8. The highest BCUT2D eigenvalue weighted by Crippen LogP contribution is 2.38. The summed E-state index contributed by atoms with van der Waals surface area (Å²) in [6.45, 7) is 10.6. The number of benzene rings is 6. The molecule has 13 heteroatoms. The molecule has 2 amide bonds. The van der Waals surface area contributed by atoms with Crippen molar-refractivity contribution in [3.63, 3.8) is 0 Å². The van der Waals surface area contributed by atoms with Crippen molar-refractivity contribution in [3.05, 3.63) is 215 Å². The molecule has 10 atom stereocenters. The Labute approximate surface area is 773 Å². The van der Waals surface area contributed by atoms with Crippen LogP contribution in [0.5, 0.6) is 0 Å². The molecule has 6 aromatic rings. The lowest BCUT2D eigenvalue weighted by molar-refractivity contribution is -0.390. The van der Waals surface area contributed by atoms with Crippen molar-refractivity contribution in [2.45, 2.75) is 463 Å². The third kappa shape index (κ3) is 46.2. The summed E-state index contributed by atoms with van der Waals surface area (Å²) in [4.78, 5) is 31.1. The molecular weight excluding hydrogens is 1570 g/mol. The van der Waals surface area contributed by atoms with Crippen LogP contribution in [0.3, 0.4) is 0 Å². The van der Waals surface area contributed by atoms with E-state index in [0.29, 0.717) is 0 Å². The zero-order valence-electron chi connectivity index (χ0n) is 80.2. The van der Waals surface area contributed by atoms with E-state index in [2.05, 4.69) is 111 Å². The fourth-order valence-electron chi connectivity index (χ4n) is 18.6. The van der Waals surface area contributed by atoms with E-state index in [-0.39, 0.29) is 76.4 Å². The maximum absolute atomic E-state index is 15.6. The number of nitrogens with one attached hydrogen (secondary N) is 2. The zero-order chi connectivity index (χ0) is 89.0. The van der Waals surface area contributed by atoms with Crippen LogP contribution in [0.15, 0.2) is 182 Å². The first-order valence-corrected chi connectivity index (χ1v) is 52.3. The molecular formula is C114H176N2O11. The molecule has 2 aliphatic heterocycles. The SMILES string of the molecule is CCCCCCCCCCCCCCC(CCCCCCCCCCCCCC)C(=O)NCC1O[C@@H](O[C@@H]2OC(CNC(=O)C(CCCCCCCCCCCCCC)CCCCCCCCCCCCCC)[C@H](OCc3ccccc3)[C@H](OCc3ccccc3)C2OCc2ccccc2)C(OCc2ccccc2)[C@@H](OCc2ccccc2)[C@H]1OCc1ccccc1. The third-order valence-electron chi connectivity index (χ3n) is 26.5. The van der Waals surface area contributed by atoms with Crippen LogP contribution >= 0.6 is 0 Å². The Kier molecular flexibility index (Phi) is 59.1. The minimum Gasteiger partial charge on any atom is -0.368 e. The van der Waals surface area contributed by atoms with Gasteiger partial charge in [0, 0.05) is 24.9 Å². The number of ether oxygens (including phenoxy) is 9. The molecule has 2 saturated heterocycles. The molecule has 6 aromatic carbocycles. The molecule has 2 fully saturated rings. The fourth-order valence-corrected chi connectivity index (χ4v) is 18.6. The smallest absolute Gasteiger partial charge is 0.223 e. The Hall–Kier alpha value is -6.10. The molecule has 127 heavy (non-hydrogen) atoms. The lowest BCUT2D eigenvalue weighted by atomic mass is 9.92. The van der Waals surface area contributed by atoms with Crippen LogP contribution in [-0.4, -0.2) is 86.3 Å². The van der Waals surface area contributed by atoms with Gasteiger partial charge in [-0.2, -0.15) is 0 Å². The second kappa shape index (κ2) is 70.6. The first kappa shape index (κ1) is 106. The lowest BCUT2D eigenvalue weighted by Gasteiger charge is -2.50. The van der Waals surface area contributed by atoms with Crippen molar-refractivity contribution in [2.24, 2.45) is 11.8 Å². The van der Waals surface area contributed by atoms with E-state index in [1.807, 2.05) is 109 Å². The van der Waals surface area contributed by atoms with Crippen LogP contribution in [0, 0.1) is 11.8 Å². The number of unbranched alkanes of at least 4 members (excludes halogenated alkanes) is 44. The van der Waals surface area contributed by atoms with E-state index in [1.165, 1.54) is 257 Å². The minimum absolute atomic E-state index is 0.0402. The molecule has 8 rings (SSSR count). The van der Waals surface area contributed by atoms with Gasteiger partial charge in [-0.05, 0) is 59.1 Å². The maximum Gasteiger partial charge on any atom is 0.223 e. The Balaban J connectivity index is 1.14. The van der Waals surface area contributed by atoms with E-state index >= 15 is 9.59 Å². The fraction of sp³-hybridized carbons (Fsp3) is 0.667. The highest BCUT2D eigenvalue weighted by atomic mass is 16.8. The normalized spacial score (nSPS) is 18.9. The number of hydrogen-bond donors (Lipinski definition) is 2. The summed E-state index contributed by atoms with van der Waals surface area (Å²) in [7, 11) is 0. The van der Waals surface area contributed by atoms with Crippen molar-refractivity contribution in [1.29, 1.82) is 0 Å². The van der Waals surface area contributed by atoms with Gasteiger partial charge in [-0.1, -0.05) is 518 Å². The van der Waals surface area contributed by atoms with Gasteiger partial charge in [0.15, 0.2) is 12.6 Å². The average Bonchev–Trinajstić information content (AvgIpc) is 0.771. The number of amides is 2. The molecule has 4 unspecified atom stereocenters. The first-order valence-electron chi connectivity index (χ1n) is 52.3. The summed E-state index contributed by atoms with van der Waals surface area (Å²) in [5.41, 5.74) is 5.80. The van der Waals surface area contributed by atoms with Gasteiger partial charge < -0.3 is 53.3 Å². The number of carbonyl (C=O) groups is 2. The van der Waals surface area contributed by atoms with Crippen LogP contribution in [0.2, 0.25) is 0 Å². The number of carbonyl (C=O) groups excluding carboxylic acids is 2. The second-order valence-electron chi connectivity index (χ2n) is 37.4. The van der Waals surface area contributed by atoms with Gasteiger partial charge in [0.1, 0.15) is 48.8 Å². The second-order valence-corrected chi connectivity index (χ2v) is 37.4. The number of hydrogen-bond acceptors (Lipinski definition) is 11. The van der Waals surface area contributed by atoms with Crippen LogP contribution < -0.4 is 10.6 Å². The Morgan fingerprint density at radius 1 is 0.236 bits per heavy atom. The number of rotatable bonds is 78. The highest BCUT2D eigenvalue weighted by Gasteiger charge is 2.55. The molecule has 0 saturated carbocycles.